The van der Waals surface area contributed by atoms with Gasteiger partial charge < -0.3 is 5.11 Å². The predicted molar refractivity (Wildman–Crippen MR) is 372 cm³/mol. The van der Waals surface area contributed by atoms with Crippen LogP contribution in [0.2, 0.25) is 0 Å². The first kappa shape index (κ1) is 92.6. The van der Waals surface area contributed by atoms with E-state index in [2.05, 4.69) is 315 Å². The van der Waals surface area contributed by atoms with E-state index in [-0.39, 0.29) is 0 Å². The molecule has 1 nitrogen and oxygen atoms in total. The molecule has 0 atom stereocenters. The highest BCUT2D eigenvalue weighted by atomic mass is 35.5. The molecular weight excluding hydrogens is 1030 g/mol. The quantitative estimate of drug-likeness (QED) is 0.125. The first-order chi connectivity index (χ1) is 37.4. The number of rotatable bonds is 14. The molecule has 4 rings (SSSR count). The Morgan fingerprint density at radius 3 is 0.805 bits per heavy atom. The minimum absolute atomic E-state index is 0.308. The van der Waals surface area contributed by atoms with Gasteiger partial charge in [-0.15, -0.1) is 11.6 Å². The second-order valence-electron chi connectivity index (χ2n) is 29.3. The van der Waals surface area contributed by atoms with E-state index in [1.54, 1.807) is 0 Å². The van der Waals surface area contributed by atoms with Gasteiger partial charge in [0.2, 0.25) is 0 Å². The largest absolute Gasteiger partial charge is 0.396 e. The maximum Gasteiger partial charge on any atom is 0.391 e. The molecule has 0 aromatic heterocycles. The number of halogens is 4. The van der Waals surface area contributed by atoms with Crippen molar-refractivity contribution in [1.82, 2.24) is 0 Å². The molecule has 5 heteroatoms. The third-order valence-corrected chi connectivity index (χ3v) is 11.2. The first-order valence-electron chi connectivity index (χ1n) is 31.8. The molecule has 0 aliphatic carbocycles. The first-order valence-corrected chi connectivity index (χ1v) is 32.3. The Morgan fingerprint density at radius 1 is 0.415 bits per heavy atom. The third kappa shape index (κ3) is 93.3. The number of benzene rings is 4. The van der Waals surface area contributed by atoms with E-state index in [0.717, 1.165) is 81.4 Å². The number of hydrogen-bond acceptors (Lipinski definition) is 1. The van der Waals surface area contributed by atoms with Crippen LogP contribution in [-0.2, 0) is 25.7 Å². The van der Waals surface area contributed by atoms with Crippen molar-refractivity contribution in [2.24, 2.45) is 63.1 Å². The van der Waals surface area contributed by atoms with Crippen molar-refractivity contribution in [2.75, 3.05) is 12.5 Å². The molecule has 4 aromatic rings. The van der Waals surface area contributed by atoms with E-state index in [1.807, 2.05) is 0 Å². The Kier molecular flexibility index (Phi) is 63.0. The van der Waals surface area contributed by atoms with E-state index in [0.29, 0.717) is 34.2 Å². The zero-order valence-corrected chi connectivity index (χ0v) is 60.6. The lowest BCUT2D eigenvalue weighted by Crippen LogP contribution is -2.18. The molecule has 0 unspecified atom stereocenters. The van der Waals surface area contributed by atoms with Crippen molar-refractivity contribution in [2.45, 2.75) is 272 Å². The fourth-order valence-electron chi connectivity index (χ4n) is 6.08. The minimum Gasteiger partial charge on any atom is -0.396 e. The summed E-state index contributed by atoms with van der Waals surface area (Å²) in [5, 5.41) is 8.53. The van der Waals surface area contributed by atoms with Crippen molar-refractivity contribution in [1.29, 1.82) is 0 Å². The lowest BCUT2D eigenvalue weighted by atomic mass is 9.80. The van der Waals surface area contributed by atoms with E-state index in [1.165, 1.54) is 47.9 Å². The highest BCUT2D eigenvalue weighted by molar-refractivity contribution is 6.18. The van der Waals surface area contributed by atoms with Gasteiger partial charge in [-0.1, -0.05) is 348 Å². The molecule has 0 aliphatic rings. The monoisotopic (exact) mass is 1170 g/mol. The number of aliphatic hydroxyl groups is 1. The Morgan fingerprint density at radius 2 is 0.659 bits per heavy atom. The topological polar surface area (TPSA) is 20.2 Å². The van der Waals surface area contributed by atoms with Crippen LogP contribution in [0.4, 0.5) is 13.2 Å². The average molecular weight is 1170 g/mol. The molecule has 0 heterocycles. The maximum atomic E-state index is 11.2. The van der Waals surface area contributed by atoms with Crippen LogP contribution in [0.25, 0.3) is 0 Å². The van der Waals surface area contributed by atoms with Gasteiger partial charge in [0.05, 0.1) is 0 Å². The Balaban J connectivity index is -0.000000157. The van der Waals surface area contributed by atoms with Gasteiger partial charge in [0.25, 0.3) is 0 Å². The molecule has 4 aromatic carbocycles. The van der Waals surface area contributed by atoms with Crippen LogP contribution in [0.3, 0.4) is 0 Å². The SMILES string of the molecule is CC(C)(C)C.CC(C)(C)Cc1ccccc1.CC(C)(Cc1ccccc1)Cc1ccccc1.CC(C)C.CC(C)C(F)(F)F.CC(C)CC(C)C.CC(C)CCl.CC(C)Cc1ccccc1.CCC.CCC(C)(C)CCO.CCC(C)C. The summed E-state index contributed by atoms with van der Waals surface area (Å²) in [5.41, 5.74) is 7.28. The Hall–Kier alpha value is -3.08. The lowest BCUT2D eigenvalue weighted by molar-refractivity contribution is -0.164. The molecule has 0 fully saturated rings. The molecule has 1 N–H and O–H groups in total. The molecule has 0 aliphatic heterocycles. The van der Waals surface area contributed by atoms with Crippen LogP contribution in [0.5, 0.6) is 0 Å². The molecule has 0 saturated carbocycles. The molecule has 0 bridgehead atoms. The summed E-state index contributed by atoms with van der Waals surface area (Å²) in [6.45, 7) is 64.4. The van der Waals surface area contributed by atoms with Gasteiger partial charge in [-0.05, 0) is 118 Å². The molecule has 0 amide bonds. The number of alkyl halides is 4. The molecule has 0 radical (unpaired) electrons. The fourth-order valence-corrected chi connectivity index (χ4v) is 6.08. The van der Waals surface area contributed by atoms with E-state index < -0.39 is 12.1 Å². The Bertz CT molecular complexity index is 1750. The molecule has 482 valence electrons. The maximum absolute atomic E-state index is 11.2. The summed E-state index contributed by atoms with van der Waals surface area (Å²) < 4.78 is 33.5. The van der Waals surface area contributed by atoms with Gasteiger partial charge in [0, 0.05) is 18.4 Å². The number of hydrogen-bond donors (Lipinski definition) is 1. The van der Waals surface area contributed by atoms with Crippen molar-refractivity contribution in [3.63, 3.8) is 0 Å². The van der Waals surface area contributed by atoms with E-state index in [9.17, 15) is 13.2 Å². The van der Waals surface area contributed by atoms with Gasteiger partial charge in [-0.3, -0.25) is 0 Å². The van der Waals surface area contributed by atoms with Gasteiger partial charge >= 0.3 is 6.18 Å². The molecule has 0 saturated heterocycles. The zero-order valence-electron chi connectivity index (χ0n) is 59.8. The summed E-state index contributed by atoms with van der Waals surface area (Å²) in [6.07, 6.45) is 6.59. The summed E-state index contributed by atoms with van der Waals surface area (Å²) in [4.78, 5) is 0. The minimum atomic E-state index is -4.00. The van der Waals surface area contributed by atoms with E-state index >= 15 is 0 Å². The van der Waals surface area contributed by atoms with Crippen LogP contribution < -0.4 is 0 Å². The molecular formula is C77H140ClF3O. The van der Waals surface area contributed by atoms with Crippen LogP contribution in [0.15, 0.2) is 121 Å². The predicted octanol–water partition coefficient (Wildman–Crippen LogP) is 26.4. The summed E-state index contributed by atoms with van der Waals surface area (Å²) in [7, 11) is 0. The van der Waals surface area contributed by atoms with Crippen LogP contribution in [0.1, 0.15) is 262 Å². The van der Waals surface area contributed by atoms with Crippen molar-refractivity contribution < 1.29 is 18.3 Å². The van der Waals surface area contributed by atoms with E-state index in [4.69, 9.17) is 16.7 Å². The second-order valence-corrected chi connectivity index (χ2v) is 29.6. The molecule has 82 heavy (non-hydrogen) atoms. The summed E-state index contributed by atoms with van der Waals surface area (Å²) in [5.74, 6) is 4.46. The smallest absolute Gasteiger partial charge is 0.391 e. The summed E-state index contributed by atoms with van der Waals surface area (Å²) in [6, 6.07) is 42.7. The van der Waals surface area contributed by atoms with Crippen molar-refractivity contribution in [3.05, 3.63) is 144 Å². The summed E-state index contributed by atoms with van der Waals surface area (Å²) >= 11 is 5.34. The van der Waals surface area contributed by atoms with Gasteiger partial charge in [0.15, 0.2) is 0 Å². The highest BCUT2D eigenvalue weighted by Crippen LogP contribution is 2.27. The number of aliphatic hydroxyl groups excluding tert-OH is 1. The van der Waals surface area contributed by atoms with Gasteiger partial charge in [-0.2, -0.15) is 13.2 Å². The highest BCUT2D eigenvalue weighted by Gasteiger charge is 2.31. The van der Waals surface area contributed by atoms with Gasteiger partial charge in [0.1, 0.15) is 0 Å². The van der Waals surface area contributed by atoms with Crippen LogP contribution in [-0.4, -0.2) is 23.8 Å². The Labute approximate surface area is 518 Å². The third-order valence-electron chi connectivity index (χ3n) is 10.6. The fraction of sp³-hybridized carbons (Fsp3) is 0.688. The van der Waals surface area contributed by atoms with Crippen LogP contribution in [0, 0.1) is 63.1 Å². The standard InChI is InChI=1S/C17H20.C11H16.C10H14.C7H16O.C7H16.2C5H12.C4H9Cl.C4H7F3.C4H10.C3H8/c1-17(2,13-15-9-5-3-6-10-15)14-16-11-7-4-8-12-16;1-11(2,3)9-10-7-5-4-6-8-10;1-9(2)8-10-6-4-3-5-7-10;1-4-7(2,3)5-6-8;1-6(2)5-7(3)4;1-5(2,3)4;1-4-5(2)3;1-4(2)3-5;1-3(2)4(5,6)7;1-4(2)3;1-3-2/h3-12H,13-14H2,1-2H3;4-8H,9H2,1-3H3;3-7,9H,8H2,1-2H3;8H,4-6H2,1-3H3;6-7H,5H2,1-4H3;1-4H3;5H,4H2,1-3H3;4H,3H2,1-2H3;3H,1-2H3;4H,1-3H3;3H2,1-2H3. The second kappa shape index (κ2) is 55.8. The van der Waals surface area contributed by atoms with Crippen molar-refractivity contribution >= 4 is 11.6 Å². The van der Waals surface area contributed by atoms with Crippen molar-refractivity contribution in [3.8, 4) is 0 Å². The molecule has 0 spiro atoms. The average Bonchev–Trinajstić information content (AvgIpc) is 3.32. The lowest BCUT2D eigenvalue weighted by Gasteiger charge is -2.25. The zero-order chi connectivity index (χ0) is 65.8. The van der Waals surface area contributed by atoms with Gasteiger partial charge in [-0.25, -0.2) is 0 Å². The van der Waals surface area contributed by atoms with Crippen LogP contribution >= 0.6 is 11.6 Å². The normalized spacial score (nSPS) is 11.0.